The molecule has 0 saturated carbocycles. The van der Waals surface area contributed by atoms with Crippen molar-refractivity contribution in [1.29, 1.82) is 0 Å². The molecule has 0 unspecified atom stereocenters. The van der Waals surface area contributed by atoms with Crippen LogP contribution in [0.2, 0.25) is 0 Å². The van der Waals surface area contributed by atoms with E-state index in [9.17, 15) is 9.59 Å². The highest BCUT2D eigenvalue weighted by molar-refractivity contribution is 9.10. The van der Waals surface area contributed by atoms with Crippen LogP contribution in [0.15, 0.2) is 28.7 Å². The van der Waals surface area contributed by atoms with Crippen molar-refractivity contribution in [2.24, 2.45) is 11.8 Å². The van der Waals surface area contributed by atoms with E-state index < -0.39 is 0 Å². The molecule has 130 valence electrons. The first kappa shape index (κ1) is 17.5. The van der Waals surface area contributed by atoms with Gasteiger partial charge in [-0.05, 0) is 49.8 Å². The number of hydrogen-bond acceptors (Lipinski definition) is 2. The Balaban J connectivity index is 1.54. The summed E-state index contributed by atoms with van der Waals surface area (Å²) in [7, 11) is 0. The molecule has 0 aromatic heterocycles. The van der Waals surface area contributed by atoms with Crippen LogP contribution in [-0.4, -0.2) is 47.8 Å². The lowest BCUT2D eigenvalue weighted by Crippen LogP contribution is -2.46. The maximum Gasteiger partial charge on any atom is 0.253 e. The van der Waals surface area contributed by atoms with E-state index in [0.29, 0.717) is 24.6 Å². The average Bonchev–Trinajstić information content (AvgIpc) is 2.61. The van der Waals surface area contributed by atoms with Crippen LogP contribution in [0.3, 0.4) is 0 Å². The number of nitrogens with zero attached hydrogens (tertiary/aromatic N) is 2. The molecule has 0 N–H and O–H groups in total. The van der Waals surface area contributed by atoms with Crippen LogP contribution in [0.1, 0.15) is 43.0 Å². The van der Waals surface area contributed by atoms with Gasteiger partial charge in [0.1, 0.15) is 0 Å². The first-order valence-electron chi connectivity index (χ1n) is 8.88. The predicted octanol–water partition coefficient (Wildman–Crippen LogP) is 3.56. The Hall–Kier alpha value is -1.36. The number of carbonyl (C=O) groups excluding carboxylic acids is 2. The molecule has 0 bridgehead atoms. The number of amides is 2. The van der Waals surface area contributed by atoms with Crippen molar-refractivity contribution in [3.63, 3.8) is 0 Å². The van der Waals surface area contributed by atoms with Crippen LogP contribution in [0, 0.1) is 11.8 Å². The molecule has 2 aliphatic heterocycles. The van der Waals surface area contributed by atoms with Gasteiger partial charge in [-0.1, -0.05) is 28.9 Å². The summed E-state index contributed by atoms with van der Waals surface area (Å²) in [5, 5.41) is 0. The van der Waals surface area contributed by atoms with Crippen LogP contribution in [0.5, 0.6) is 0 Å². The summed E-state index contributed by atoms with van der Waals surface area (Å²) in [6.07, 6.45) is 3.80. The van der Waals surface area contributed by atoms with Crippen molar-refractivity contribution in [3.05, 3.63) is 34.3 Å². The SMILES string of the molecule is CC1CCN(C(=O)C2CCN(C(=O)c3cccc(Br)c3)CC2)CC1. The second-order valence-electron chi connectivity index (χ2n) is 7.08. The smallest absolute Gasteiger partial charge is 0.253 e. The van der Waals surface area contributed by atoms with E-state index in [4.69, 9.17) is 0 Å². The third-order valence-corrected chi connectivity index (χ3v) is 5.79. The van der Waals surface area contributed by atoms with E-state index in [-0.39, 0.29) is 11.8 Å². The van der Waals surface area contributed by atoms with Gasteiger partial charge in [0.05, 0.1) is 0 Å². The van der Waals surface area contributed by atoms with E-state index >= 15 is 0 Å². The first-order valence-corrected chi connectivity index (χ1v) is 9.67. The molecule has 2 heterocycles. The van der Waals surface area contributed by atoms with E-state index in [2.05, 4.69) is 22.9 Å². The fourth-order valence-corrected chi connectivity index (χ4v) is 4.02. The van der Waals surface area contributed by atoms with Crippen molar-refractivity contribution >= 4 is 27.7 Å². The summed E-state index contributed by atoms with van der Waals surface area (Å²) < 4.78 is 0.915. The summed E-state index contributed by atoms with van der Waals surface area (Å²) in [6.45, 7) is 5.40. The fourth-order valence-electron chi connectivity index (χ4n) is 3.62. The zero-order valence-corrected chi connectivity index (χ0v) is 15.8. The van der Waals surface area contributed by atoms with Gasteiger partial charge in [-0.25, -0.2) is 0 Å². The van der Waals surface area contributed by atoms with Gasteiger partial charge in [-0.15, -0.1) is 0 Å². The molecular formula is C19H25BrN2O2. The highest BCUT2D eigenvalue weighted by Crippen LogP contribution is 2.24. The Kier molecular flexibility index (Phi) is 5.59. The predicted molar refractivity (Wildman–Crippen MR) is 97.7 cm³/mol. The zero-order valence-electron chi connectivity index (χ0n) is 14.2. The van der Waals surface area contributed by atoms with Crippen molar-refractivity contribution in [3.8, 4) is 0 Å². The Morgan fingerprint density at radius 3 is 2.25 bits per heavy atom. The van der Waals surface area contributed by atoms with Gasteiger partial charge in [-0.2, -0.15) is 0 Å². The monoisotopic (exact) mass is 392 g/mol. The number of likely N-dealkylation sites (tertiary alicyclic amines) is 2. The molecule has 24 heavy (non-hydrogen) atoms. The molecule has 2 aliphatic rings. The number of rotatable bonds is 2. The van der Waals surface area contributed by atoms with Gasteiger partial charge in [0.15, 0.2) is 0 Å². The molecule has 4 nitrogen and oxygen atoms in total. The number of benzene rings is 1. The first-order chi connectivity index (χ1) is 11.5. The number of piperidine rings is 2. The molecule has 1 aromatic carbocycles. The summed E-state index contributed by atoms with van der Waals surface area (Å²) in [5.74, 6) is 1.19. The average molecular weight is 393 g/mol. The number of halogens is 1. The third-order valence-electron chi connectivity index (χ3n) is 5.30. The van der Waals surface area contributed by atoms with Crippen molar-refractivity contribution in [2.45, 2.75) is 32.6 Å². The molecule has 1 aromatic rings. The van der Waals surface area contributed by atoms with E-state index in [0.717, 1.165) is 49.2 Å². The van der Waals surface area contributed by atoms with Gasteiger partial charge in [-0.3, -0.25) is 9.59 Å². The molecule has 2 amide bonds. The molecule has 0 atom stereocenters. The summed E-state index contributed by atoms with van der Waals surface area (Å²) in [6, 6.07) is 7.50. The molecule has 0 spiro atoms. The molecule has 5 heteroatoms. The zero-order chi connectivity index (χ0) is 17.1. The maximum atomic E-state index is 12.7. The lowest BCUT2D eigenvalue weighted by Gasteiger charge is -2.36. The summed E-state index contributed by atoms with van der Waals surface area (Å²) in [5.41, 5.74) is 0.708. The second kappa shape index (κ2) is 7.68. The Labute approximate surface area is 152 Å². The Morgan fingerprint density at radius 2 is 1.62 bits per heavy atom. The molecular weight excluding hydrogens is 368 g/mol. The minimum absolute atomic E-state index is 0.0639. The molecule has 3 rings (SSSR count). The van der Waals surface area contributed by atoms with Crippen LogP contribution in [-0.2, 0) is 4.79 Å². The topological polar surface area (TPSA) is 40.6 Å². The highest BCUT2D eigenvalue weighted by Gasteiger charge is 2.31. The van der Waals surface area contributed by atoms with Gasteiger partial charge >= 0.3 is 0 Å². The standard InChI is InChI=1S/C19H25BrN2O2/c1-14-5-9-21(10-6-14)18(23)15-7-11-22(12-8-15)19(24)16-3-2-4-17(20)13-16/h2-4,13-15H,5-12H2,1H3. The van der Waals surface area contributed by atoms with Crippen LogP contribution < -0.4 is 0 Å². The Bertz CT molecular complexity index is 603. The van der Waals surface area contributed by atoms with Crippen LogP contribution in [0.25, 0.3) is 0 Å². The lowest BCUT2D eigenvalue weighted by atomic mass is 9.92. The lowest BCUT2D eigenvalue weighted by molar-refractivity contribution is -0.138. The minimum Gasteiger partial charge on any atom is -0.342 e. The van der Waals surface area contributed by atoms with Gasteiger partial charge in [0.25, 0.3) is 5.91 Å². The van der Waals surface area contributed by atoms with Gasteiger partial charge in [0, 0.05) is 42.1 Å². The van der Waals surface area contributed by atoms with E-state index in [1.54, 1.807) is 0 Å². The quantitative estimate of drug-likeness (QED) is 0.771. The van der Waals surface area contributed by atoms with E-state index in [1.165, 1.54) is 0 Å². The normalized spacial score (nSPS) is 20.2. The Morgan fingerprint density at radius 1 is 1.00 bits per heavy atom. The van der Waals surface area contributed by atoms with Crippen LogP contribution >= 0.6 is 15.9 Å². The fraction of sp³-hybridized carbons (Fsp3) is 0.579. The highest BCUT2D eigenvalue weighted by atomic mass is 79.9. The van der Waals surface area contributed by atoms with Crippen molar-refractivity contribution in [2.75, 3.05) is 26.2 Å². The number of carbonyl (C=O) groups is 2. The van der Waals surface area contributed by atoms with Crippen LogP contribution in [0.4, 0.5) is 0 Å². The van der Waals surface area contributed by atoms with Crippen molar-refractivity contribution in [1.82, 2.24) is 9.80 Å². The molecule has 0 radical (unpaired) electrons. The summed E-state index contributed by atoms with van der Waals surface area (Å²) in [4.78, 5) is 29.2. The van der Waals surface area contributed by atoms with E-state index in [1.807, 2.05) is 34.1 Å². The molecule has 2 saturated heterocycles. The molecule has 2 fully saturated rings. The number of hydrogen-bond donors (Lipinski definition) is 0. The van der Waals surface area contributed by atoms with Gasteiger partial charge < -0.3 is 9.80 Å². The maximum absolute atomic E-state index is 12.7. The van der Waals surface area contributed by atoms with Gasteiger partial charge in [0.2, 0.25) is 5.91 Å². The van der Waals surface area contributed by atoms with Crippen molar-refractivity contribution < 1.29 is 9.59 Å². The largest absolute Gasteiger partial charge is 0.342 e. The minimum atomic E-state index is 0.0639. The molecule has 0 aliphatic carbocycles. The third kappa shape index (κ3) is 4.00. The summed E-state index contributed by atoms with van der Waals surface area (Å²) >= 11 is 3.41. The second-order valence-corrected chi connectivity index (χ2v) is 8.00.